The van der Waals surface area contributed by atoms with E-state index in [0.29, 0.717) is 12.3 Å². The van der Waals surface area contributed by atoms with Crippen LogP contribution in [0, 0.1) is 6.92 Å². The average molecular weight is 239 g/mol. The van der Waals surface area contributed by atoms with Crippen molar-refractivity contribution in [2.24, 2.45) is 0 Å². The fourth-order valence-corrected chi connectivity index (χ4v) is 1.73. The van der Waals surface area contributed by atoms with Gasteiger partial charge in [0.05, 0.1) is 6.61 Å². The highest BCUT2D eigenvalue weighted by molar-refractivity contribution is 5.89. The van der Waals surface area contributed by atoms with Crippen LogP contribution in [0.5, 0.6) is 0 Å². The molecule has 0 atom stereocenters. The molecular formula is C13H21NO3. The van der Waals surface area contributed by atoms with Crippen LogP contribution in [0.4, 0.5) is 0 Å². The number of esters is 1. The summed E-state index contributed by atoms with van der Waals surface area (Å²) in [6, 6.07) is 1.94. The topological polar surface area (TPSA) is 40.5 Å². The molecule has 96 valence electrons. The number of carbonyl (C=O) groups is 1. The molecule has 1 rings (SSSR count). The van der Waals surface area contributed by atoms with Crippen molar-refractivity contribution < 1.29 is 14.3 Å². The molecular weight excluding hydrogens is 218 g/mol. The second-order valence-corrected chi connectivity index (χ2v) is 3.81. The van der Waals surface area contributed by atoms with E-state index in [9.17, 15) is 4.79 Å². The molecule has 0 aromatic carbocycles. The van der Waals surface area contributed by atoms with Gasteiger partial charge >= 0.3 is 5.97 Å². The fraction of sp³-hybridized carbons (Fsp3) is 0.615. The van der Waals surface area contributed by atoms with Gasteiger partial charge in [0.1, 0.15) is 5.69 Å². The van der Waals surface area contributed by atoms with Gasteiger partial charge in [-0.1, -0.05) is 0 Å². The van der Waals surface area contributed by atoms with Gasteiger partial charge < -0.3 is 14.0 Å². The molecule has 1 aromatic heterocycles. The lowest BCUT2D eigenvalue weighted by Gasteiger charge is -2.09. The van der Waals surface area contributed by atoms with Crippen molar-refractivity contribution in [3.05, 3.63) is 23.5 Å². The van der Waals surface area contributed by atoms with Crippen LogP contribution < -0.4 is 0 Å². The molecule has 4 heteroatoms. The van der Waals surface area contributed by atoms with Gasteiger partial charge in [-0.05, 0) is 38.8 Å². The van der Waals surface area contributed by atoms with Crippen LogP contribution >= 0.6 is 0 Å². The summed E-state index contributed by atoms with van der Waals surface area (Å²) in [5.74, 6) is -0.244. The number of nitrogens with zero attached hydrogens (tertiary/aromatic N) is 1. The van der Waals surface area contributed by atoms with Gasteiger partial charge in [0.15, 0.2) is 0 Å². The van der Waals surface area contributed by atoms with E-state index in [2.05, 4.69) is 0 Å². The van der Waals surface area contributed by atoms with Crippen LogP contribution in [-0.2, 0) is 16.0 Å². The molecule has 0 bridgehead atoms. The minimum Gasteiger partial charge on any atom is -0.461 e. The number of aromatic nitrogens is 1. The predicted molar refractivity (Wildman–Crippen MR) is 66.2 cm³/mol. The number of rotatable bonds is 7. The van der Waals surface area contributed by atoms with E-state index in [4.69, 9.17) is 9.47 Å². The Morgan fingerprint density at radius 3 is 2.76 bits per heavy atom. The van der Waals surface area contributed by atoms with E-state index in [0.717, 1.165) is 31.7 Å². The van der Waals surface area contributed by atoms with Crippen molar-refractivity contribution in [2.45, 2.75) is 33.7 Å². The molecule has 1 aromatic rings. The minimum atomic E-state index is -0.244. The Hall–Kier alpha value is -1.29. The van der Waals surface area contributed by atoms with Crippen LogP contribution in [-0.4, -0.2) is 30.4 Å². The predicted octanol–water partition coefficient (Wildman–Crippen LogP) is 2.40. The van der Waals surface area contributed by atoms with E-state index in [1.807, 2.05) is 37.6 Å². The fourth-order valence-electron chi connectivity index (χ4n) is 1.73. The highest BCUT2D eigenvalue weighted by Gasteiger charge is 2.15. The van der Waals surface area contributed by atoms with Gasteiger partial charge in [-0.3, -0.25) is 0 Å². The second-order valence-electron chi connectivity index (χ2n) is 3.81. The van der Waals surface area contributed by atoms with E-state index in [-0.39, 0.29) is 5.97 Å². The van der Waals surface area contributed by atoms with Crippen LogP contribution in [0.3, 0.4) is 0 Å². The lowest BCUT2D eigenvalue weighted by atomic mass is 10.2. The molecule has 0 saturated heterocycles. The quantitative estimate of drug-likeness (QED) is 0.542. The summed E-state index contributed by atoms with van der Waals surface area (Å²) in [5, 5.41) is 0. The summed E-state index contributed by atoms with van der Waals surface area (Å²) in [7, 11) is 0. The van der Waals surface area contributed by atoms with E-state index < -0.39 is 0 Å². The summed E-state index contributed by atoms with van der Waals surface area (Å²) < 4.78 is 12.3. The van der Waals surface area contributed by atoms with Gasteiger partial charge in [-0.2, -0.15) is 0 Å². The summed E-state index contributed by atoms with van der Waals surface area (Å²) in [6.45, 7) is 8.35. The van der Waals surface area contributed by atoms with Crippen molar-refractivity contribution in [3.63, 3.8) is 0 Å². The maximum absolute atomic E-state index is 11.8. The van der Waals surface area contributed by atoms with Gasteiger partial charge in [0, 0.05) is 26.0 Å². The summed E-state index contributed by atoms with van der Waals surface area (Å²) >= 11 is 0. The number of carbonyl (C=O) groups excluding carboxylic acids is 1. The summed E-state index contributed by atoms with van der Waals surface area (Å²) in [6.07, 6.45) is 2.82. The molecule has 0 aliphatic carbocycles. The third kappa shape index (κ3) is 3.89. The zero-order valence-corrected chi connectivity index (χ0v) is 10.9. The highest BCUT2D eigenvalue weighted by Crippen LogP contribution is 2.12. The maximum Gasteiger partial charge on any atom is 0.355 e. The summed E-state index contributed by atoms with van der Waals surface area (Å²) in [5.41, 5.74) is 1.61. The van der Waals surface area contributed by atoms with Gasteiger partial charge in [-0.15, -0.1) is 0 Å². The maximum atomic E-state index is 11.8. The number of hydrogen-bond donors (Lipinski definition) is 0. The molecule has 0 saturated carbocycles. The first-order valence-electron chi connectivity index (χ1n) is 6.11. The van der Waals surface area contributed by atoms with E-state index in [1.165, 1.54) is 0 Å². The lowest BCUT2D eigenvalue weighted by molar-refractivity contribution is 0.0511. The molecule has 4 nitrogen and oxygen atoms in total. The molecule has 0 fully saturated rings. The first-order valence-corrected chi connectivity index (χ1v) is 6.11. The van der Waals surface area contributed by atoms with Crippen molar-refractivity contribution in [3.8, 4) is 0 Å². The minimum absolute atomic E-state index is 0.244. The molecule has 0 amide bonds. The zero-order valence-electron chi connectivity index (χ0n) is 10.9. The molecule has 0 aliphatic rings. The van der Waals surface area contributed by atoms with Crippen LogP contribution in [0.15, 0.2) is 12.3 Å². The molecule has 0 unspecified atom stereocenters. The molecule has 0 N–H and O–H groups in total. The van der Waals surface area contributed by atoms with Crippen LogP contribution in [0.25, 0.3) is 0 Å². The van der Waals surface area contributed by atoms with Crippen molar-refractivity contribution >= 4 is 5.97 Å². The standard InChI is InChI=1S/C13H21NO3/c1-4-16-10-6-8-14-9-7-11(3)12(14)13(15)17-5-2/h7,9H,4-6,8,10H2,1-3H3. The van der Waals surface area contributed by atoms with Crippen LogP contribution in [0.2, 0.25) is 0 Å². The molecule has 17 heavy (non-hydrogen) atoms. The van der Waals surface area contributed by atoms with E-state index >= 15 is 0 Å². The van der Waals surface area contributed by atoms with Crippen molar-refractivity contribution in [1.29, 1.82) is 0 Å². The summed E-state index contributed by atoms with van der Waals surface area (Å²) in [4.78, 5) is 11.8. The lowest BCUT2D eigenvalue weighted by Crippen LogP contribution is -2.14. The molecule has 1 heterocycles. The van der Waals surface area contributed by atoms with Gasteiger partial charge in [0.2, 0.25) is 0 Å². The Morgan fingerprint density at radius 2 is 2.12 bits per heavy atom. The van der Waals surface area contributed by atoms with Crippen molar-refractivity contribution in [2.75, 3.05) is 19.8 Å². The van der Waals surface area contributed by atoms with Crippen LogP contribution in [0.1, 0.15) is 36.3 Å². The molecule has 0 radical (unpaired) electrons. The Morgan fingerprint density at radius 1 is 1.35 bits per heavy atom. The average Bonchev–Trinajstić information content (AvgIpc) is 2.66. The third-order valence-electron chi connectivity index (χ3n) is 2.53. The number of ether oxygens (including phenoxy) is 2. The number of aryl methyl sites for hydroxylation is 2. The number of hydrogen-bond acceptors (Lipinski definition) is 3. The molecule has 0 spiro atoms. The monoisotopic (exact) mass is 239 g/mol. The highest BCUT2D eigenvalue weighted by atomic mass is 16.5. The van der Waals surface area contributed by atoms with Gasteiger partial charge in [-0.25, -0.2) is 4.79 Å². The first-order chi connectivity index (χ1) is 8.20. The SMILES string of the molecule is CCOCCCn1ccc(C)c1C(=O)OCC. The molecule has 0 aliphatic heterocycles. The van der Waals surface area contributed by atoms with Crippen molar-refractivity contribution in [1.82, 2.24) is 4.57 Å². The largest absolute Gasteiger partial charge is 0.461 e. The Labute approximate surface area is 103 Å². The Bertz CT molecular complexity index is 358. The Balaban J connectivity index is 2.62. The zero-order chi connectivity index (χ0) is 12.7. The third-order valence-corrected chi connectivity index (χ3v) is 2.53. The second kappa shape index (κ2) is 7.12. The Kier molecular flexibility index (Phi) is 5.77. The normalized spacial score (nSPS) is 10.5. The first kappa shape index (κ1) is 13.8. The van der Waals surface area contributed by atoms with E-state index in [1.54, 1.807) is 0 Å². The van der Waals surface area contributed by atoms with Gasteiger partial charge in [0.25, 0.3) is 0 Å². The smallest absolute Gasteiger partial charge is 0.355 e.